The van der Waals surface area contributed by atoms with Crippen molar-refractivity contribution in [1.82, 2.24) is 9.55 Å². The number of aromatic nitrogens is 2. The van der Waals surface area contributed by atoms with Crippen molar-refractivity contribution >= 4 is 17.0 Å². The van der Waals surface area contributed by atoms with Crippen LogP contribution in [0.25, 0.3) is 11.0 Å². The van der Waals surface area contributed by atoms with Gasteiger partial charge in [-0.05, 0) is 36.8 Å². The highest BCUT2D eigenvalue weighted by atomic mass is 16.5. The van der Waals surface area contributed by atoms with Gasteiger partial charge in [-0.25, -0.2) is 9.78 Å². The van der Waals surface area contributed by atoms with Gasteiger partial charge < -0.3 is 19.5 Å². The Morgan fingerprint density at radius 3 is 2.75 bits per heavy atom. The van der Waals surface area contributed by atoms with Crippen molar-refractivity contribution in [2.75, 3.05) is 6.61 Å². The van der Waals surface area contributed by atoms with E-state index in [9.17, 15) is 9.90 Å². The number of carboxylic acid groups (broad SMARTS) is 1. The zero-order valence-electron chi connectivity index (χ0n) is 13.3. The van der Waals surface area contributed by atoms with Gasteiger partial charge in [0.2, 0.25) is 0 Å². The maximum atomic E-state index is 11.1. The lowest BCUT2D eigenvalue weighted by molar-refractivity contribution is 0.0697. The molecule has 6 nitrogen and oxygen atoms in total. The molecule has 0 spiro atoms. The molecule has 0 aliphatic rings. The minimum absolute atomic E-state index is 0.0382. The molecule has 0 fully saturated rings. The van der Waals surface area contributed by atoms with Crippen LogP contribution in [0.3, 0.4) is 0 Å². The van der Waals surface area contributed by atoms with E-state index in [1.54, 1.807) is 6.07 Å². The second-order valence-electron chi connectivity index (χ2n) is 5.47. The highest BCUT2D eigenvalue weighted by Gasteiger charge is 2.13. The molecule has 0 atom stereocenters. The van der Waals surface area contributed by atoms with Gasteiger partial charge in [0.05, 0.1) is 23.2 Å². The lowest BCUT2D eigenvalue weighted by Gasteiger charge is -2.10. The first-order valence-corrected chi connectivity index (χ1v) is 7.62. The summed E-state index contributed by atoms with van der Waals surface area (Å²) in [6.07, 6.45) is 0. The van der Waals surface area contributed by atoms with E-state index in [0.29, 0.717) is 17.9 Å². The van der Waals surface area contributed by atoms with Crippen LogP contribution in [-0.2, 0) is 13.2 Å². The molecule has 3 aromatic rings. The van der Waals surface area contributed by atoms with Crippen molar-refractivity contribution in [3.8, 4) is 5.75 Å². The summed E-state index contributed by atoms with van der Waals surface area (Å²) >= 11 is 0. The molecule has 0 aliphatic carbocycles. The van der Waals surface area contributed by atoms with Crippen LogP contribution in [0.15, 0.2) is 42.5 Å². The summed E-state index contributed by atoms with van der Waals surface area (Å²) < 4.78 is 7.68. The van der Waals surface area contributed by atoms with Crippen LogP contribution in [0.5, 0.6) is 5.75 Å². The van der Waals surface area contributed by atoms with Gasteiger partial charge in [0.1, 0.15) is 18.2 Å². The zero-order valence-corrected chi connectivity index (χ0v) is 13.3. The third-order valence-corrected chi connectivity index (χ3v) is 3.85. The van der Waals surface area contributed by atoms with Gasteiger partial charge in [-0.1, -0.05) is 18.2 Å². The number of hydrogen-bond donors (Lipinski definition) is 2. The van der Waals surface area contributed by atoms with Crippen LogP contribution < -0.4 is 4.74 Å². The maximum absolute atomic E-state index is 11.1. The molecule has 6 heteroatoms. The van der Waals surface area contributed by atoms with Gasteiger partial charge in [0, 0.05) is 6.54 Å². The Hall–Kier alpha value is -2.86. The van der Waals surface area contributed by atoms with Crippen molar-refractivity contribution in [3.63, 3.8) is 0 Å². The number of aromatic carboxylic acids is 1. The minimum Gasteiger partial charge on any atom is -0.485 e. The van der Waals surface area contributed by atoms with E-state index in [2.05, 4.69) is 4.98 Å². The number of rotatable bonds is 6. The molecule has 2 aromatic carbocycles. The Labute approximate surface area is 138 Å². The molecule has 0 bridgehead atoms. The van der Waals surface area contributed by atoms with Crippen LogP contribution in [0.1, 0.15) is 21.7 Å². The fourth-order valence-corrected chi connectivity index (χ4v) is 2.63. The van der Waals surface area contributed by atoms with Gasteiger partial charge in [-0.2, -0.15) is 0 Å². The minimum atomic E-state index is -0.994. The van der Waals surface area contributed by atoms with Crippen molar-refractivity contribution in [2.45, 2.75) is 20.1 Å². The maximum Gasteiger partial charge on any atom is 0.335 e. The van der Waals surface area contributed by atoms with E-state index in [-0.39, 0.29) is 18.8 Å². The van der Waals surface area contributed by atoms with Gasteiger partial charge in [-0.15, -0.1) is 0 Å². The molecule has 3 rings (SSSR count). The van der Waals surface area contributed by atoms with Gasteiger partial charge in [0.25, 0.3) is 0 Å². The zero-order chi connectivity index (χ0) is 17.1. The topological polar surface area (TPSA) is 84.6 Å². The van der Waals surface area contributed by atoms with Gasteiger partial charge in [-0.3, -0.25) is 0 Å². The average Bonchev–Trinajstić information content (AvgIpc) is 2.91. The molecule has 1 heterocycles. The number of aryl methyl sites for hydroxylation is 1. The molecule has 0 saturated heterocycles. The molecule has 2 N–H and O–H groups in total. The Morgan fingerprint density at radius 1 is 1.25 bits per heavy atom. The largest absolute Gasteiger partial charge is 0.485 e. The molecule has 24 heavy (non-hydrogen) atoms. The number of aliphatic hydroxyl groups is 1. The standard InChI is InChI=1S/C18H18N2O4/c1-12-4-2-3-5-16(12)24-11-17-19-14-10-13(18(22)23)6-7-15(14)20(17)8-9-21/h2-7,10,21H,8-9,11H2,1H3,(H,22,23). The molecule has 0 amide bonds. The van der Waals surface area contributed by atoms with Crippen molar-refractivity contribution in [2.24, 2.45) is 0 Å². The summed E-state index contributed by atoms with van der Waals surface area (Å²) in [5.41, 5.74) is 2.56. The smallest absolute Gasteiger partial charge is 0.335 e. The SMILES string of the molecule is Cc1ccccc1OCc1nc2cc(C(=O)O)ccc2n1CCO. The van der Waals surface area contributed by atoms with E-state index in [1.165, 1.54) is 12.1 Å². The Bertz CT molecular complexity index is 886. The molecule has 0 unspecified atom stereocenters. The van der Waals surface area contributed by atoms with Gasteiger partial charge >= 0.3 is 5.97 Å². The number of fused-ring (bicyclic) bond motifs is 1. The Morgan fingerprint density at radius 2 is 2.04 bits per heavy atom. The van der Waals surface area contributed by atoms with E-state index in [4.69, 9.17) is 9.84 Å². The summed E-state index contributed by atoms with van der Waals surface area (Å²) in [5, 5.41) is 18.4. The van der Waals surface area contributed by atoms with E-state index in [1.807, 2.05) is 35.8 Å². The highest BCUT2D eigenvalue weighted by Crippen LogP contribution is 2.21. The number of benzene rings is 2. The molecular formula is C18H18N2O4. The fraction of sp³-hybridized carbons (Fsp3) is 0.222. The number of imidazole rings is 1. The number of para-hydroxylation sites is 1. The molecular weight excluding hydrogens is 308 g/mol. The van der Waals surface area contributed by atoms with Crippen LogP contribution >= 0.6 is 0 Å². The molecule has 0 radical (unpaired) electrons. The summed E-state index contributed by atoms with van der Waals surface area (Å²) in [6.45, 7) is 2.53. The number of aliphatic hydroxyl groups excluding tert-OH is 1. The highest BCUT2D eigenvalue weighted by molar-refractivity contribution is 5.92. The number of carbonyl (C=O) groups is 1. The van der Waals surface area contributed by atoms with Crippen LogP contribution in [0, 0.1) is 6.92 Å². The molecule has 1 aromatic heterocycles. The number of ether oxygens (including phenoxy) is 1. The van der Waals surface area contributed by atoms with E-state index >= 15 is 0 Å². The summed E-state index contributed by atoms with van der Waals surface area (Å²) in [7, 11) is 0. The summed E-state index contributed by atoms with van der Waals surface area (Å²) in [4.78, 5) is 15.6. The van der Waals surface area contributed by atoms with E-state index in [0.717, 1.165) is 16.8 Å². The second kappa shape index (κ2) is 6.72. The average molecular weight is 326 g/mol. The third-order valence-electron chi connectivity index (χ3n) is 3.85. The number of nitrogens with zero attached hydrogens (tertiary/aromatic N) is 2. The van der Waals surface area contributed by atoms with E-state index < -0.39 is 5.97 Å². The second-order valence-corrected chi connectivity index (χ2v) is 5.47. The quantitative estimate of drug-likeness (QED) is 0.727. The van der Waals surface area contributed by atoms with Crippen molar-refractivity contribution < 1.29 is 19.7 Å². The lowest BCUT2D eigenvalue weighted by atomic mass is 10.2. The fourth-order valence-electron chi connectivity index (χ4n) is 2.63. The van der Waals surface area contributed by atoms with Crippen molar-refractivity contribution in [3.05, 3.63) is 59.4 Å². The Balaban J connectivity index is 1.95. The third kappa shape index (κ3) is 3.09. The summed E-state index contributed by atoms with van der Waals surface area (Å²) in [6, 6.07) is 12.5. The first-order chi connectivity index (χ1) is 11.6. The van der Waals surface area contributed by atoms with Crippen LogP contribution in [0.4, 0.5) is 0 Å². The monoisotopic (exact) mass is 326 g/mol. The lowest BCUT2D eigenvalue weighted by Crippen LogP contribution is -2.10. The van der Waals surface area contributed by atoms with Crippen molar-refractivity contribution in [1.29, 1.82) is 0 Å². The number of carboxylic acids is 1. The normalized spacial score (nSPS) is 10.9. The molecule has 124 valence electrons. The molecule has 0 saturated carbocycles. The molecule has 0 aliphatic heterocycles. The predicted molar refractivity (Wildman–Crippen MR) is 89.3 cm³/mol. The summed E-state index contributed by atoms with van der Waals surface area (Å²) in [5.74, 6) is 0.419. The number of hydrogen-bond acceptors (Lipinski definition) is 4. The Kier molecular flexibility index (Phi) is 4.48. The van der Waals surface area contributed by atoms with Crippen LogP contribution in [0.2, 0.25) is 0 Å². The van der Waals surface area contributed by atoms with Gasteiger partial charge in [0.15, 0.2) is 0 Å². The first kappa shape index (κ1) is 16.0. The first-order valence-electron chi connectivity index (χ1n) is 7.62. The predicted octanol–water partition coefficient (Wildman–Crippen LogP) is 2.61. The van der Waals surface area contributed by atoms with Crippen LogP contribution in [-0.4, -0.2) is 32.3 Å².